The highest BCUT2D eigenvalue weighted by atomic mass is 32.2. The van der Waals surface area contributed by atoms with Crippen LogP contribution in [0.5, 0.6) is 0 Å². The van der Waals surface area contributed by atoms with E-state index in [9.17, 15) is 29.9 Å². The van der Waals surface area contributed by atoms with Crippen molar-refractivity contribution >= 4 is 17.7 Å². The molecule has 1 aliphatic rings. The van der Waals surface area contributed by atoms with Gasteiger partial charge in [0.05, 0.1) is 19.3 Å². The Bertz CT molecular complexity index is 2210. The molecule has 11 heteroatoms. The minimum atomic E-state index is -5.29. The number of hydrogen-bond donors (Lipinski definition) is 0. The summed E-state index contributed by atoms with van der Waals surface area (Å²) in [6.45, 7) is 0.859. The second kappa shape index (κ2) is 15.3. The lowest BCUT2D eigenvalue weighted by Gasteiger charge is -2.28. The van der Waals surface area contributed by atoms with Crippen molar-refractivity contribution < 1.29 is 36.1 Å². The van der Waals surface area contributed by atoms with E-state index in [0.717, 1.165) is 16.7 Å². The van der Waals surface area contributed by atoms with Gasteiger partial charge >= 0.3 is 6.18 Å². The third-order valence-electron chi connectivity index (χ3n) is 7.64. The molecule has 0 unspecified atom stereocenters. The number of aromatic nitrogens is 2. The van der Waals surface area contributed by atoms with E-state index in [-0.39, 0.29) is 24.0 Å². The number of amides is 1. The molecule has 0 N–H and O–H groups in total. The van der Waals surface area contributed by atoms with Crippen LogP contribution in [0.3, 0.4) is 0 Å². The predicted octanol–water partition coefficient (Wildman–Crippen LogP) is 7.22. The van der Waals surface area contributed by atoms with Crippen molar-refractivity contribution in [3.63, 3.8) is 0 Å². The highest BCUT2D eigenvalue weighted by molar-refractivity contribution is 7.98. The number of fused-ring (bicyclic) bond motifs is 1. The highest BCUT2D eigenvalue weighted by Gasteiger charge is 2.30. The molecule has 0 saturated heterocycles. The van der Waals surface area contributed by atoms with Crippen LogP contribution in [0.1, 0.15) is 61.9 Å². The summed E-state index contributed by atoms with van der Waals surface area (Å²) in [5.41, 5.74) is -3.46. The highest BCUT2D eigenvalue weighted by Crippen LogP contribution is 2.31. The molecular weight excluding hydrogens is 628 g/mol. The first-order chi connectivity index (χ1) is 26.7. The molecule has 1 amide bonds. The van der Waals surface area contributed by atoms with Gasteiger partial charge in [-0.25, -0.2) is 4.39 Å². The van der Waals surface area contributed by atoms with Crippen LogP contribution in [0.15, 0.2) is 82.6 Å². The van der Waals surface area contributed by atoms with Crippen LogP contribution < -0.4 is 5.56 Å². The van der Waals surface area contributed by atoms with Gasteiger partial charge in [-0.3, -0.25) is 9.59 Å². The summed E-state index contributed by atoms with van der Waals surface area (Å²) in [5.74, 6) is -1.08. The quantitative estimate of drug-likeness (QED) is 0.0851. The number of likely N-dealkylation sites (N-methyl/N-ethyl adjacent to an activating group) is 1. The van der Waals surface area contributed by atoms with Gasteiger partial charge in [0.2, 0.25) is 5.91 Å². The molecule has 248 valence electrons. The van der Waals surface area contributed by atoms with Crippen molar-refractivity contribution in [2.75, 3.05) is 26.2 Å². The zero-order chi connectivity index (χ0) is 42.3. The number of alkyl halides is 3. The molecule has 0 fully saturated rings. The maximum atomic E-state index is 14.5. The number of rotatable bonds is 13. The van der Waals surface area contributed by atoms with Crippen LogP contribution in [-0.2, 0) is 42.6 Å². The smallest absolute Gasteiger partial charge is 0.336 e. The average Bonchev–Trinajstić information content (AvgIpc) is 3.65. The van der Waals surface area contributed by atoms with Gasteiger partial charge in [0.1, 0.15) is 12.4 Å². The van der Waals surface area contributed by atoms with Crippen LogP contribution in [0.25, 0.3) is 11.1 Å². The molecule has 0 radical (unpaired) electrons. The van der Waals surface area contributed by atoms with Gasteiger partial charge in [-0.05, 0) is 78.8 Å². The fourth-order valence-electron chi connectivity index (χ4n) is 5.04. The van der Waals surface area contributed by atoms with E-state index < -0.39 is 107 Å². The van der Waals surface area contributed by atoms with Crippen molar-refractivity contribution in [2.45, 2.75) is 63.2 Å². The molecule has 0 saturated carbocycles. The Hall–Kier alpha value is -3.96. The number of hydrogen-bond acceptors (Lipinski definition) is 5. The molecule has 0 spiro atoms. The van der Waals surface area contributed by atoms with Crippen molar-refractivity contribution in [1.82, 2.24) is 19.4 Å². The van der Waals surface area contributed by atoms with Crippen molar-refractivity contribution in [3.8, 4) is 11.1 Å². The maximum absolute atomic E-state index is 14.5. The SMILES string of the molecule is [2H]c1c([2H])c(C(F)(F)F)c([2H])c([2H])c1-c1c([2H])c([2H])c(C([2H])([2H])N(CCN(CC)CC)C(=O)Cn2c(SCc3ccc(F)cc3)nc(=O)c3c2CCC3)c([2H])c1[2H]. The number of carbonyl (C=O) groups is 1. The Morgan fingerprint density at radius 2 is 1.60 bits per heavy atom. The summed E-state index contributed by atoms with van der Waals surface area (Å²) in [6.07, 6.45) is -3.88. The van der Waals surface area contributed by atoms with Gasteiger partial charge in [-0.15, -0.1) is 0 Å². The number of benzene rings is 3. The summed E-state index contributed by atoms with van der Waals surface area (Å²) >= 11 is 1.11. The van der Waals surface area contributed by atoms with Crippen molar-refractivity contribution in [1.29, 1.82) is 0 Å². The Labute approximate surface area is 290 Å². The standard InChI is InChI=1S/C36H38F4N4O2S/c1-3-42(4-2)20-21-43(22-25-8-12-27(13-9-25)28-14-16-29(17-15-28)36(38,39)40)33(45)23-44-32-7-5-6-31(32)34(46)41-35(44)47-24-26-10-18-30(37)19-11-26/h8-19H,3-7,20-24H2,1-2H3/i8D,9D,12D,13D,14D,15D,16D,17D,22D2. The largest absolute Gasteiger partial charge is 0.416 e. The van der Waals surface area contributed by atoms with Crippen molar-refractivity contribution in [2.24, 2.45) is 0 Å². The molecule has 47 heavy (non-hydrogen) atoms. The summed E-state index contributed by atoms with van der Waals surface area (Å²) in [4.78, 5) is 34.4. The molecular formula is C36H38F4N4O2S. The van der Waals surface area contributed by atoms with Gasteiger partial charge in [-0.2, -0.15) is 18.2 Å². The molecule has 5 rings (SSSR count). The Kier molecular flexibility index (Phi) is 7.61. The first kappa shape index (κ1) is 23.4. The van der Waals surface area contributed by atoms with Crippen LogP contribution in [-0.4, -0.2) is 51.4 Å². The molecule has 0 atom stereocenters. The molecule has 3 aromatic carbocycles. The first-order valence-corrected chi connectivity index (χ1v) is 16.0. The third kappa shape index (κ3) is 8.70. The zero-order valence-corrected chi connectivity index (χ0v) is 26.5. The first-order valence-electron chi connectivity index (χ1n) is 20.0. The topological polar surface area (TPSA) is 58.4 Å². The van der Waals surface area contributed by atoms with E-state index in [1.807, 2.05) is 18.7 Å². The molecule has 1 aromatic heterocycles. The minimum absolute atomic E-state index is 0.111. The lowest BCUT2D eigenvalue weighted by atomic mass is 10.0. The van der Waals surface area contributed by atoms with Gasteiger partial charge in [0.15, 0.2) is 5.16 Å². The fourth-order valence-corrected chi connectivity index (χ4v) is 6.01. The predicted molar refractivity (Wildman–Crippen MR) is 177 cm³/mol. The fraction of sp³-hybridized carbons (Fsp3) is 0.361. The lowest BCUT2D eigenvalue weighted by molar-refractivity contribution is -0.137. The van der Waals surface area contributed by atoms with Crippen LogP contribution in [0, 0.1) is 5.82 Å². The molecule has 0 bridgehead atoms. The van der Waals surface area contributed by atoms with Crippen molar-refractivity contribution in [3.05, 3.63) is 117 Å². The Morgan fingerprint density at radius 1 is 0.957 bits per heavy atom. The molecule has 1 heterocycles. The normalized spacial score (nSPS) is 16.1. The average molecular weight is 677 g/mol. The second-order valence-corrected chi connectivity index (χ2v) is 11.6. The zero-order valence-electron chi connectivity index (χ0n) is 35.7. The van der Waals surface area contributed by atoms with Gasteiger partial charge < -0.3 is 14.4 Å². The third-order valence-corrected chi connectivity index (χ3v) is 8.69. The van der Waals surface area contributed by atoms with Crippen LogP contribution in [0.4, 0.5) is 17.6 Å². The summed E-state index contributed by atoms with van der Waals surface area (Å²) in [6, 6.07) is -4.15. The lowest BCUT2D eigenvalue weighted by Crippen LogP contribution is -2.40. The summed E-state index contributed by atoms with van der Waals surface area (Å²) in [5, 5.41) is 0.146. The molecule has 4 aromatic rings. The number of nitrogens with zero attached hydrogens (tertiary/aromatic N) is 4. The van der Waals surface area contributed by atoms with E-state index in [1.165, 1.54) is 16.7 Å². The van der Waals surface area contributed by atoms with E-state index in [0.29, 0.717) is 49.2 Å². The van der Waals surface area contributed by atoms with E-state index in [2.05, 4.69) is 4.98 Å². The molecule has 6 nitrogen and oxygen atoms in total. The summed E-state index contributed by atoms with van der Waals surface area (Å²) < 4.78 is 143. The van der Waals surface area contributed by atoms with Crippen LogP contribution in [0.2, 0.25) is 0 Å². The van der Waals surface area contributed by atoms with E-state index >= 15 is 0 Å². The van der Waals surface area contributed by atoms with Gasteiger partial charge in [0, 0.05) is 36.6 Å². The summed E-state index contributed by atoms with van der Waals surface area (Å²) in [7, 11) is 0. The maximum Gasteiger partial charge on any atom is 0.416 e. The number of thioether (sulfide) groups is 1. The Balaban J connectivity index is 1.63. The second-order valence-electron chi connectivity index (χ2n) is 10.7. The van der Waals surface area contributed by atoms with Gasteiger partial charge in [0.25, 0.3) is 5.56 Å². The molecule has 1 aliphatic carbocycles. The molecule has 0 aliphatic heterocycles. The van der Waals surface area contributed by atoms with E-state index in [4.69, 9.17) is 11.0 Å². The number of carbonyl (C=O) groups excluding carboxylic acids is 1. The monoisotopic (exact) mass is 676 g/mol. The Morgan fingerprint density at radius 3 is 2.21 bits per heavy atom. The van der Waals surface area contributed by atoms with Gasteiger partial charge in [-0.1, -0.05) is 74.0 Å². The van der Waals surface area contributed by atoms with Crippen LogP contribution >= 0.6 is 11.8 Å². The van der Waals surface area contributed by atoms with E-state index in [1.54, 1.807) is 12.1 Å². The minimum Gasteiger partial charge on any atom is -0.336 e. The number of halogens is 4.